The number of halogens is 1. The lowest BCUT2D eigenvalue weighted by molar-refractivity contribution is -0.145. The van der Waals surface area contributed by atoms with E-state index in [4.69, 9.17) is 16.3 Å². The van der Waals surface area contributed by atoms with Gasteiger partial charge in [0.1, 0.15) is 0 Å². The summed E-state index contributed by atoms with van der Waals surface area (Å²) < 4.78 is 5.50. The van der Waals surface area contributed by atoms with Crippen LogP contribution in [0, 0.1) is 0 Å². The number of esters is 1. The maximum atomic E-state index is 12.1. The van der Waals surface area contributed by atoms with Gasteiger partial charge in [0.05, 0.1) is 23.9 Å². The highest BCUT2D eigenvalue weighted by Gasteiger charge is 2.15. The summed E-state index contributed by atoms with van der Waals surface area (Å²) in [5.74, 6) is -0.443. The van der Waals surface area contributed by atoms with Gasteiger partial charge in [-0.3, -0.25) is 9.59 Å². The van der Waals surface area contributed by atoms with Gasteiger partial charge in [-0.05, 0) is 19.1 Å². The molecule has 1 amide bonds. The first-order valence-electron chi connectivity index (χ1n) is 6.35. The Labute approximate surface area is 128 Å². The fraction of sp³-hybridized carbons (Fsp3) is 0.429. The minimum Gasteiger partial charge on any atom is -0.466 e. The molecule has 0 aliphatic rings. The molecule has 0 aliphatic heterocycles. The number of nitrogens with zero attached hydrogens (tertiary/aromatic N) is 1. The van der Waals surface area contributed by atoms with Crippen LogP contribution < -0.4 is 0 Å². The van der Waals surface area contributed by atoms with Crippen molar-refractivity contribution in [2.24, 2.45) is 0 Å². The Hall–Kier alpha value is -1.33. The number of hydrogen-bond acceptors (Lipinski definition) is 4. The van der Waals surface area contributed by atoms with Crippen LogP contribution in [-0.2, 0) is 20.9 Å². The summed E-state index contributed by atoms with van der Waals surface area (Å²) >= 11 is 7.31. The van der Waals surface area contributed by atoms with Crippen molar-refractivity contribution in [1.29, 1.82) is 0 Å². The smallest absolute Gasteiger partial charge is 0.306 e. The molecule has 1 rings (SSSR count). The summed E-state index contributed by atoms with van der Waals surface area (Å²) in [5.41, 5.74) is 0. The summed E-state index contributed by atoms with van der Waals surface area (Å²) in [6.07, 6.45) is 1.91. The van der Waals surface area contributed by atoms with Gasteiger partial charge in [0, 0.05) is 17.8 Å². The van der Waals surface area contributed by atoms with E-state index in [2.05, 4.69) is 6.58 Å². The molecule has 0 unspecified atom stereocenters. The van der Waals surface area contributed by atoms with E-state index in [1.807, 2.05) is 6.07 Å². The SMILES string of the molecule is C=CCN(Cc1ccc(Cl)s1)C(=O)CCC(=O)OCC. The first-order valence-corrected chi connectivity index (χ1v) is 7.54. The van der Waals surface area contributed by atoms with E-state index in [1.54, 1.807) is 24.0 Å². The Morgan fingerprint density at radius 1 is 1.45 bits per heavy atom. The van der Waals surface area contributed by atoms with Crippen LogP contribution in [0.4, 0.5) is 0 Å². The molecule has 0 radical (unpaired) electrons. The maximum absolute atomic E-state index is 12.1. The highest BCUT2D eigenvalue weighted by atomic mass is 35.5. The van der Waals surface area contributed by atoms with Crippen molar-refractivity contribution in [1.82, 2.24) is 4.90 Å². The Kier molecular flexibility index (Phi) is 7.33. The number of ether oxygens (including phenoxy) is 1. The molecule has 1 aromatic rings. The van der Waals surface area contributed by atoms with Gasteiger partial charge in [-0.15, -0.1) is 17.9 Å². The lowest BCUT2D eigenvalue weighted by atomic mass is 10.2. The van der Waals surface area contributed by atoms with E-state index in [9.17, 15) is 9.59 Å². The van der Waals surface area contributed by atoms with Gasteiger partial charge in [-0.25, -0.2) is 0 Å². The summed E-state index contributed by atoms with van der Waals surface area (Å²) in [4.78, 5) is 26.0. The van der Waals surface area contributed by atoms with Gasteiger partial charge in [0.15, 0.2) is 0 Å². The minimum absolute atomic E-state index is 0.0949. The van der Waals surface area contributed by atoms with E-state index in [0.29, 0.717) is 24.0 Å². The van der Waals surface area contributed by atoms with Crippen molar-refractivity contribution in [3.8, 4) is 0 Å². The van der Waals surface area contributed by atoms with Gasteiger partial charge in [0.25, 0.3) is 0 Å². The van der Waals surface area contributed by atoms with Crippen molar-refractivity contribution in [2.75, 3.05) is 13.2 Å². The van der Waals surface area contributed by atoms with Crippen LogP contribution in [0.1, 0.15) is 24.6 Å². The maximum Gasteiger partial charge on any atom is 0.306 e. The molecule has 0 bridgehead atoms. The molecule has 0 saturated carbocycles. The topological polar surface area (TPSA) is 46.6 Å². The number of amides is 1. The zero-order valence-corrected chi connectivity index (χ0v) is 13.0. The molecular weight excluding hydrogens is 298 g/mol. The highest BCUT2D eigenvalue weighted by Crippen LogP contribution is 2.23. The summed E-state index contributed by atoms with van der Waals surface area (Å²) in [7, 11) is 0. The fourth-order valence-electron chi connectivity index (χ4n) is 1.64. The summed E-state index contributed by atoms with van der Waals surface area (Å²) in [5, 5.41) is 0. The van der Waals surface area contributed by atoms with Crippen LogP contribution >= 0.6 is 22.9 Å². The number of carbonyl (C=O) groups is 2. The molecule has 0 atom stereocenters. The van der Waals surface area contributed by atoms with Gasteiger partial charge in [-0.1, -0.05) is 17.7 Å². The van der Waals surface area contributed by atoms with Crippen LogP contribution in [0.25, 0.3) is 0 Å². The standard InChI is InChI=1S/C14H18ClNO3S/c1-3-9-16(10-11-5-6-12(15)20-11)13(17)7-8-14(18)19-4-2/h3,5-6H,1,4,7-10H2,2H3. The van der Waals surface area contributed by atoms with Crippen molar-refractivity contribution < 1.29 is 14.3 Å². The van der Waals surface area contributed by atoms with Gasteiger partial charge in [-0.2, -0.15) is 0 Å². The van der Waals surface area contributed by atoms with Crippen LogP contribution in [0.15, 0.2) is 24.8 Å². The molecule has 1 aromatic heterocycles. The monoisotopic (exact) mass is 315 g/mol. The van der Waals surface area contributed by atoms with Crippen LogP contribution in [0.3, 0.4) is 0 Å². The molecule has 0 fully saturated rings. The van der Waals surface area contributed by atoms with E-state index in [0.717, 1.165) is 4.88 Å². The van der Waals surface area contributed by atoms with Gasteiger partial charge < -0.3 is 9.64 Å². The molecule has 1 heterocycles. The first-order chi connectivity index (χ1) is 9.56. The lowest BCUT2D eigenvalue weighted by Gasteiger charge is -2.20. The number of rotatable bonds is 8. The molecule has 0 N–H and O–H groups in total. The molecule has 0 aromatic carbocycles. The zero-order valence-electron chi connectivity index (χ0n) is 11.4. The van der Waals surface area contributed by atoms with E-state index < -0.39 is 0 Å². The van der Waals surface area contributed by atoms with Crippen molar-refractivity contribution in [2.45, 2.75) is 26.3 Å². The van der Waals surface area contributed by atoms with Crippen LogP contribution in [0.5, 0.6) is 0 Å². The minimum atomic E-state index is -0.349. The third kappa shape index (κ3) is 5.75. The number of thiophene rings is 1. The Morgan fingerprint density at radius 2 is 2.20 bits per heavy atom. The molecule has 0 saturated heterocycles. The third-order valence-corrected chi connectivity index (χ3v) is 3.74. The van der Waals surface area contributed by atoms with E-state index >= 15 is 0 Å². The zero-order chi connectivity index (χ0) is 15.0. The average Bonchev–Trinajstić information content (AvgIpc) is 2.81. The molecule has 6 heteroatoms. The Balaban J connectivity index is 2.54. The Bertz CT molecular complexity index is 473. The second kappa shape index (κ2) is 8.76. The molecular formula is C14H18ClNO3S. The van der Waals surface area contributed by atoms with Crippen LogP contribution in [-0.4, -0.2) is 29.9 Å². The van der Waals surface area contributed by atoms with Crippen molar-refractivity contribution in [3.63, 3.8) is 0 Å². The molecule has 0 aliphatic carbocycles. The second-order valence-electron chi connectivity index (χ2n) is 4.07. The summed E-state index contributed by atoms with van der Waals surface area (Å²) in [6.45, 7) is 6.64. The first kappa shape index (κ1) is 16.7. The molecule has 110 valence electrons. The number of carbonyl (C=O) groups excluding carboxylic acids is 2. The third-order valence-electron chi connectivity index (χ3n) is 2.53. The van der Waals surface area contributed by atoms with Crippen molar-refractivity contribution in [3.05, 3.63) is 34.0 Å². The van der Waals surface area contributed by atoms with Gasteiger partial charge >= 0.3 is 5.97 Å². The summed E-state index contributed by atoms with van der Waals surface area (Å²) in [6, 6.07) is 3.69. The molecule has 4 nitrogen and oxygen atoms in total. The molecule has 20 heavy (non-hydrogen) atoms. The Morgan fingerprint density at radius 3 is 2.75 bits per heavy atom. The van der Waals surface area contributed by atoms with Gasteiger partial charge in [0.2, 0.25) is 5.91 Å². The lowest BCUT2D eigenvalue weighted by Crippen LogP contribution is -2.30. The predicted octanol–water partition coefficient (Wildman–Crippen LogP) is 3.26. The normalized spacial score (nSPS) is 10.1. The average molecular weight is 316 g/mol. The largest absolute Gasteiger partial charge is 0.466 e. The van der Waals surface area contributed by atoms with E-state index in [1.165, 1.54) is 11.3 Å². The van der Waals surface area contributed by atoms with Crippen LogP contribution in [0.2, 0.25) is 4.34 Å². The second-order valence-corrected chi connectivity index (χ2v) is 5.87. The molecule has 0 spiro atoms. The number of hydrogen-bond donors (Lipinski definition) is 0. The van der Waals surface area contributed by atoms with Crippen molar-refractivity contribution >= 4 is 34.8 Å². The highest BCUT2D eigenvalue weighted by molar-refractivity contribution is 7.16. The fourth-order valence-corrected chi connectivity index (χ4v) is 2.74. The predicted molar refractivity (Wildman–Crippen MR) is 80.8 cm³/mol. The quantitative estimate of drug-likeness (QED) is 0.546. The van der Waals surface area contributed by atoms with E-state index in [-0.39, 0.29) is 24.7 Å².